The van der Waals surface area contributed by atoms with Crippen LogP contribution in [0, 0.1) is 0 Å². The van der Waals surface area contributed by atoms with Crippen molar-refractivity contribution in [2.45, 2.75) is 38.3 Å². The van der Waals surface area contributed by atoms with Gasteiger partial charge in [-0.25, -0.2) is 9.78 Å². The molecule has 122 valence electrons. The molecule has 0 radical (unpaired) electrons. The number of methoxy groups -OCH3 is 1. The predicted molar refractivity (Wildman–Crippen MR) is 85.7 cm³/mol. The van der Waals surface area contributed by atoms with E-state index in [0.29, 0.717) is 25.9 Å². The summed E-state index contributed by atoms with van der Waals surface area (Å²) in [6.45, 7) is 1.19. The van der Waals surface area contributed by atoms with E-state index in [2.05, 4.69) is 4.98 Å². The Morgan fingerprint density at radius 3 is 2.96 bits per heavy atom. The number of hydrogen-bond donors (Lipinski definition) is 0. The molecule has 2 heterocycles. The monoisotopic (exact) mass is 315 g/mol. The first-order valence-electron chi connectivity index (χ1n) is 7.98. The van der Waals surface area contributed by atoms with Crippen molar-refractivity contribution in [3.8, 4) is 0 Å². The number of likely N-dealkylation sites (tertiary alicyclic amines) is 1. The van der Waals surface area contributed by atoms with Crippen LogP contribution in [-0.2, 0) is 20.9 Å². The number of benzene rings is 1. The smallest absolute Gasteiger partial charge is 0.328 e. The van der Waals surface area contributed by atoms with Crippen LogP contribution in [0.5, 0.6) is 0 Å². The number of esters is 1. The van der Waals surface area contributed by atoms with Crippen LogP contribution in [0.3, 0.4) is 0 Å². The zero-order chi connectivity index (χ0) is 16.2. The Bertz CT molecular complexity index is 710. The third-order valence-electron chi connectivity index (χ3n) is 4.39. The minimum Gasteiger partial charge on any atom is -0.467 e. The maximum atomic E-state index is 12.5. The van der Waals surface area contributed by atoms with Gasteiger partial charge in [-0.1, -0.05) is 12.1 Å². The van der Waals surface area contributed by atoms with Crippen LogP contribution in [-0.4, -0.2) is 46.0 Å². The van der Waals surface area contributed by atoms with Gasteiger partial charge >= 0.3 is 5.97 Å². The molecule has 23 heavy (non-hydrogen) atoms. The number of imidazole rings is 1. The Labute approximate surface area is 135 Å². The maximum Gasteiger partial charge on any atom is 0.328 e. The fourth-order valence-corrected chi connectivity index (χ4v) is 3.16. The second-order valence-corrected chi connectivity index (χ2v) is 5.80. The van der Waals surface area contributed by atoms with E-state index in [1.165, 1.54) is 7.11 Å². The van der Waals surface area contributed by atoms with Gasteiger partial charge in [0.25, 0.3) is 0 Å². The number of aromatic nitrogens is 2. The van der Waals surface area contributed by atoms with Gasteiger partial charge in [-0.3, -0.25) is 4.79 Å². The minimum atomic E-state index is -0.430. The number of fused-ring (bicyclic) bond motifs is 1. The lowest BCUT2D eigenvalue weighted by Crippen LogP contribution is -2.48. The normalized spacial score (nSPS) is 18.1. The average molecular weight is 315 g/mol. The lowest BCUT2D eigenvalue weighted by atomic mass is 10.0. The zero-order valence-electron chi connectivity index (χ0n) is 13.3. The molecule has 0 bridgehead atoms. The molecule has 0 saturated carbocycles. The fourth-order valence-electron chi connectivity index (χ4n) is 3.16. The molecule has 0 N–H and O–H groups in total. The van der Waals surface area contributed by atoms with Crippen LogP contribution in [0.4, 0.5) is 0 Å². The first-order chi connectivity index (χ1) is 11.2. The molecule has 1 amide bonds. The maximum absolute atomic E-state index is 12.5. The predicted octanol–water partition coefficient (Wildman–Crippen LogP) is 1.98. The third kappa shape index (κ3) is 3.21. The van der Waals surface area contributed by atoms with Crippen molar-refractivity contribution in [2.24, 2.45) is 0 Å². The molecule has 6 heteroatoms. The van der Waals surface area contributed by atoms with E-state index in [-0.39, 0.29) is 11.9 Å². The first kappa shape index (κ1) is 15.5. The van der Waals surface area contributed by atoms with Gasteiger partial charge in [0, 0.05) is 19.5 Å². The van der Waals surface area contributed by atoms with Crippen LogP contribution >= 0.6 is 0 Å². The van der Waals surface area contributed by atoms with Gasteiger partial charge in [0.1, 0.15) is 6.04 Å². The topological polar surface area (TPSA) is 64.4 Å². The Morgan fingerprint density at radius 2 is 2.13 bits per heavy atom. The summed E-state index contributed by atoms with van der Waals surface area (Å²) in [7, 11) is 1.37. The Hall–Kier alpha value is -2.37. The molecule has 6 nitrogen and oxygen atoms in total. The van der Waals surface area contributed by atoms with Crippen molar-refractivity contribution in [3.05, 3.63) is 30.6 Å². The van der Waals surface area contributed by atoms with Crippen LogP contribution < -0.4 is 0 Å². The van der Waals surface area contributed by atoms with Crippen molar-refractivity contribution in [3.63, 3.8) is 0 Å². The highest BCUT2D eigenvalue weighted by Crippen LogP contribution is 2.20. The first-order valence-corrected chi connectivity index (χ1v) is 7.98. The molecule has 3 rings (SSSR count). The average Bonchev–Trinajstić information content (AvgIpc) is 3.02. The molecular weight excluding hydrogens is 294 g/mol. The van der Waals surface area contributed by atoms with Gasteiger partial charge in [0.2, 0.25) is 5.91 Å². The van der Waals surface area contributed by atoms with Crippen LogP contribution in [0.2, 0.25) is 0 Å². The van der Waals surface area contributed by atoms with Crippen LogP contribution in [0.25, 0.3) is 11.0 Å². The van der Waals surface area contributed by atoms with E-state index >= 15 is 0 Å². The number of para-hydroxylation sites is 2. The van der Waals surface area contributed by atoms with Gasteiger partial charge in [-0.05, 0) is 31.4 Å². The van der Waals surface area contributed by atoms with Crippen molar-refractivity contribution in [2.75, 3.05) is 13.7 Å². The van der Waals surface area contributed by atoms with E-state index in [0.717, 1.165) is 23.9 Å². The SMILES string of the molecule is COC(=O)C1CCCCN1C(=O)CCn1cnc2ccccc21. The van der Waals surface area contributed by atoms with E-state index < -0.39 is 6.04 Å². The summed E-state index contributed by atoms with van der Waals surface area (Å²) in [5, 5.41) is 0. The number of piperidine rings is 1. The van der Waals surface area contributed by atoms with Crippen molar-refractivity contribution >= 4 is 22.9 Å². The Morgan fingerprint density at radius 1 is 1.30 bits per heavy atom. The lowest BCUT2D eigenvalue weighted by Gasteiger charge is -2.33. The van der Waals surface area contributed by atoms with Crippen molar-refractivity contribution in [1.29, 1.82) is 0 Å². The van der Waals surface area contributed by atoms with Crippen LogP contribution in [0.15, 0.2) is 30.6 Å². The van der Waals surface area contributed by atoms with E-state index in [1.807, 2.05) is 28.8 Å². The van der Waals surface area contributed by atoms with Gasteiger partial charge < -0.3 is 14.2 Å². The molecule has 1 atom stereocenters. The Balaban J connectivity index is 1.67. The number of carbonyl (C=O) groups is 2. The fraction of sp³-hybridized carbons (Fsp3) is 0.471. The molecule has 1 aromatic heterocycles. The number of aryl methyl sites for hydroxylation is 1. The molecule has 1 saturated heterocycles. The van der Waals surface area contributed by atoms with E-state index in [9.17, 15) is 9.59 Å². The highest BCUT2D eigenvalue weighted by Gasteiger charge is 2.32. The molecule has 1 fully saturated rings. The summed E-state index contributed by atoms with van der Waals surface area (Å²) in [4.78, 5) is 30.4. The molecule has 1 aromatic carbocycles. The third-order valence-corrected chi connectivity index (χ3v) is 4.39. The zero-order valence-corrected chi connectivity index (χ0v) is 13.3. The van der Waals surface area contributed by atoms with Gasteiger partial charge in [0.05, 0.1) is 24.5 Å². The van der Waals surface area contributed by atoms with E-state index in [4.69, 9.17) is 4.74 Å². The Kier molecular flexibility index (Phi) is 4.60. The summed E-state index contributed by atoms with van der Waals surface area (Å²) in [5.74, 6) is -0.316. The summed E-state index contributed by atoms with van der Waals surface area (Å²) >= 11 is 0. The van der Waals surface area contributed by atoms with Gasteiger partial charge in [-0.15, -0.1) is 0 Å². The molecule has 1 aliphatic heterocycles. The second kappa shape index (κ2) is 6.81. The second-order valence-electron chi connectivity index (χ2n) is 5.80. The van der Waals surface area contributed by atoms with Crippen LogP contribution in [0.1, 0.15) is 25.7 Å². The number of carbonyl (C=O) groups excluding carboxylic acids is 2. The molecular formula is C17H21N3O3. The largest absolute Gasteiger partial charge is 0.467 e. The number of rotatable bonds is 4. The van der Waals surface area contributed by atoms with Crippen molar-refractivity contribution < 1.29 is 14.3 Å². The molecule has 0 aliphatic carbocycles. The van der Waals surface area contributed by atoms with Gasteiger partial charge in [-0.2, -0.15) is 0 Å². The summed E-state index contributed by atoms with van der Waals surface area (Å²) in [6, 6.07) is 7.41. The number of amides is 1. The van der Waals surface area contributed by atoms with Crippen molar-refractivity contribution in [1.82, 2.24) is 14.5 Å². The molecule has 0 spiro atoms. The molecule has 1 aliphatic rings. The number of nitrogens with zero attached hydrogens (tertiary/aromatic N) is 3. The number of hydrogen-bond acceptors (Lipinski definition) is 4. The summed E-state index contributed by atoms with van der Waals surface area (Å²) in [5.41, 5.74) is 1.94. The van der Waals surface area contributed by atoms with E-state index in [1.54, 1.807) is 11.2 Å². The highest BCUT2D eigenvalue weighted by molar-refractivity contribution is 5.85. The highest BCUT2D eigenvalue weighted by atomic mass is 16.5. The van der Waals surface area contributed by atoms with Gasteiger partial charge in [0.15, 0.2) is 0 Å². The minimum absolute atomic E-state index is 0.00196. The summed E-state index contributed by atoms with van der Waals surface area (Å²) in [6.07, 6.45) is 4.69. The molecule has 2 aromatic rings. The number of ether oxygens (including phenoxy) is 1. The summed E-state index contributed by atoms with van der Waals surface area (Å²) < 4.78 is 6.81. The quantitative estimate of drug-likeness (QED) is 0.809. The standard InChI is InChI=1S/C17H21N3O3/c1-23-17(22)15-8-4-5-10-20(15)16(21)9-11-19-12-18-13-6-2-3-7-14(13)19/h2-3,6-7,12,15H,4-5,8-11H2,1H3. The molecule has 1 unspecified atom stereocenters. The lowest BCUT2D eigenvalue weighted by molar-refractivity contribution is -0.154.